The van der Waals surface area contributed by atoms with Gasteiger partial charge in [-0.2, -0.15) is 0 Å². The standard InChI is InChI=1S/C11H9F3N2/c12-8-3-7(11(14)10(13)4-8)5-16-9-1-2-15-6-9/h1-4,6,15-16H,5H2. The highest BCUT2D eigenvalue weighted by molar-refractivity contribution is 5.41. The summed E-state index contributed by atoms with van der Waals surface area (Å²) in [7, 11) is 0. The molecule has 0 bridgehead atoms. The Hall–Kier alpha value is -1.91. The molecule has 0 atom stereocenters. The van der Waals surface area contributed by atoms with Crippen LogP contribution in [0, 0.1) is 17.5 Å². The van der Waals surface area contributed by atoms with Crippen LogP contribution in [-0.2, 0) is 6.54 Å². The zero-order valence-electron chi connectivity index (χ0n) is 8.23. The molecule has 0 saturated carbocycles. The Labute approximate surface area is 90.1 Å². The van der Waals surface area contributed by atoms with E-state index in [-0.39, 0.29) is 12.1 Å². The lowest BCUT2D eigenvalue weighted by Gasteiger charge is -2.06. The Balaban J connectivity index is 2.15. The Morgan fingerprint density at radius 1 is 1.19 bits per heavy atom. The monoisotopic (exact) mass is 226 g/mol. The lowest BCUT2D eigenvalue weighted by Crippen LogP contribution is -2.03. The highest BCUT2D eigenvalue weighted by Gasteiger charge is 2.10. The summed E-state index contributed by atoms with van der Waals surface area (Å²) < 4.78 is 38.9. The van der Waals surface area contributed by atoms with Crippen LogP contribution >= 0.6 is 0 Å². The third-order valence-corrected chi connectivity index (χ3v) is 2.15. The van der Waals surface area contributed by atoms with Crippen molar-refractivity contribution < 1.29 is 13.2 Å². The van der Waals surface area contributed by atoms with Gasteiger partial charge >= 0.3 is 0 Å². The summed E-state index contributed by atoms with van der Waals surface area (Å²) in [6, 6.07) is 3.22. The molecule has 2 rings (SSSR count). The van der Waals surface area contributed by atoms with Crippen molar-refractivity contribution in [3.05, 3.63) is 53.6 Å². The predicted molar refractivity (Wildman–Crippen MR) is 54.4 cm³/mol. The second kappa shape index (κ2) is 4.30. The molecule has 0 aliphatic carbocycles. The van der Waals surface area contributed by atoms with Gasteiger partial charge in [0.2, 0.25) is 0 Å². The first-order valence-corrected chi connectivity index (χ1v) is 4.67. The van der Waals surface area contributed by atoms with Crippen molar-refractivity contribution >= 4 is 5.69 Å². The van der Waals surface area contributed by atoms with Crippen LogP contribution in [-0.4, -0.2) is 4.98 Å². The van der Waals surface area contributed by atoms with E-state index in [9.17, 15) is 13.2 Å². The van der Waals surface area contributed by atoms with Gasteiger partial charge in [0, 0.05) is 30.6 Å². The van der Waals surface area contributed by atoms with Gasteiger partial charge in [0.05, 0.1) is 5.69 Å². The van der Waals surface area contributed by atoms with Gasteiger partial charge < -0.3 is 10.3 Å². The van der Waals surface area contributed by atoms with Crippen molar-refractivity contribution in [2.24, 2.45) is 0 Å². The quantitative estimate of drug-likeness (QED) is 0.773. The molecular weight excluding hydrogens is 217 g/mol. The highest BCUT2D eigenvalue weighted by Crippen LogP contribution is 2.16. The van der Waals surface area contributed by atoms with Gasteiger partial charge in [0.1, 0.15) is 5.82 Å². The molecule has 2 aromatic rings. The fraction of sp³-hybridized carbons (Fsp3) is 0.0909. The molecule has 0 saturated heterocycles. The van der Waals surface area contributed by atoms with Gasteiger partial charge in [-0.05, 0) is 12.1 Å². The van der Waals surface area contributed by atoms with E-state index in [0.29, 0.717) is 6.07 Å². The minimum Gasteiger partial charge on any atom is -0.380 e. The number of hydrogen-bond acceptors (Lipinski definition) is 1. The predicted octanol–water partition coefficient (Wildman–Crippen LogP) is 3.04. The van der Waals surface area contributed by atoms with Gasteiger partial charge in [0.25, 0.3) is 0 Å². The molecule has 0 aliphatic rings. The van der Waals surface area contributed by atoms with Gasteiger partial charge in [0.15, 0.2) is 11.6 Å². The molecular formula is C11H9F3N2. The van der Waals surface area contributed by atoms with E-state index in [1.807, 2.05) is 0 Å². The molecule has 0 unspecified atom stereocenters. The molecule has 2 N–H and O–H groups in total. The van der Waals surface area contributed by atoms with Gasteiger partial charge in [-0.3, -0.25) is 0 Å². The number of aromatic nitrogens is 1. The van der Waals surface area contributed by atoms with Gasteiger partial charge in [-0.15, -0.1) is 0 Å². The van der Waals surface area contributed by atoms with Gasteiger partial charge in [-0.1, -0.05) is 0 Å². The van der Waals surface area contributed by atoms with E-state index in [2.05, 4.69) is 10.3 Å². The summed E-state index contributed by atoms with van der Waals surface area (Å²) in [4.78, 5) is 2.80. The first-order chi connectivity index (χ1) is 7.66. The number of hydrogen-bond donors (Lipinski definition) is 2. The average molecular weight is 226 g/mol. The number of rotatable bonds is 3. The molecule has 0 aliphatic heterocycles. The van der Waals surface area contributed by atoms with Crippen molar-refractivity contribution in [1.29, 1.82) is 0 Å². The zero-order chi connectivity index (χ0) is 11.5. The number of benzene rings is 1. The van der Waals surface area contributed by atoms with Crippen LogP contribution in [0.3, 0.4) is 0 Å². The van der Waals surface area contributed by atoms with Crippen molar-refractivity contribution in [3.63, 3.8) is 0 Å². The molecule has 16 heavy (non-hydrogen) atoms. The number of aromatic amines is 1. The van der Waals surface area contributed by atoms with Crippen molar-refractivity contribution in [3.8, 4) is 0 Å². The fourth-order valence-electron chi connectivity index (χ4n) is 1.37. The average Bonchev–Trinajstić information content (AvgIpc) is 2.74. The summed E-state index contributed by atoms with van der Waals surface area (Å²) in [5.74, 6) is -2.99. The summed E-state index contributed by atoms with van der Waals surface area (Å²) in [5, 5.41) is 2.83. The van der Waals surface area contributed by atoms with Gasteiger partial charge in [-0.25, -0.2) is 13.2 Å². The Kier molecular flexibility index (Phi) is 2.85. The second-order valence-electron chi connectivity index (χ2n) is 3.31. The number of anilines is 1. The maximum absolute atomic E-state index is 13.2. The third-order valence-electron chi connectivity index (χ3n) is 2.15. The van der Waals surface area contributed by atoms with Crippen LogP contribution < -0.4 is 5.32 Å². The maximum Gasteiger partial charge on any atom is 0.164 e. The summed E-state index contributed by atoms with van der Waals surface area (Å²) in [6.45, 7) is 0.0262. The zero-order valence-corrected chi connectivity index (χ0v) is 8.23. The van der Waals surface area contributed by atoms with E-state index in [1.165, 1.54) is 0 Å². The molecule has 84 valence electrons. The summed E-state index contributed by atoms with van der Waals surface area (Å²) in [5.41, 5.74) is 0.683. The SMILES string of the molecule is Fc1cc(F)c(F)c(CNc2cc[nH]c2)c1. The Bertz CT molecular complexity index is 480. The van der Waals surface area contributed by atoms with Crippen molar-refractivity contribution in [2.45, 2.75) is 6.54 Å². The smallest absolute Gasteiger partial charge is 0.164 e. The largest absolute Gasteiger partial charge is 0.380 e. The first kappa shape index (κ1) is 10.6. The van der Waals surface area contributed by atoms with E-state index < -0.39 is 17.5 Å². The van der Waals surface area contributed by atoms with E-state index in [0.717, 1.165) is 11.8 Å². The molecule has 0 amide bonds. The van der Waals surface area contributed by atoms with Crippen LogP contribution in [0.2, 0.25) is 0 Å². The first-order valence-electron chi connectivity index (χ1n) is 4.67. The van der Waals surface area contributed by atoms with Crippen molar-refractivity contribution in [2.75, 3.05) is 5.32 Å². The molecule has 0 spiro atoms. The van der Waals surface area contributed by atoms with Crippen LogP contribution in [0.4, 0.5) is 18.9 Å². The minimum atomic E-state index is -1.18. The van der Waals surface area contributed by atoms with E-state index in [1.54, 1.807) is 18.5 Å². The molecule has 1 aromatic carbocycles. The molecule has 1 aromatic heterocycles. The Morgan fingerprint density at radius 3 is 2.69 bits per heavy atom. The van der Waals surface area contributed by atoms with Crippen LogP contribution in [0.5, 0.6) is 0 Å². The third kappa shape index (κ3) is 2.18. The topological polar surface area (TPSA) is 27.8 Å². The number of nitrogens with one attached hydrogen (secondary N) is 2. The van der Waals surface area contributed by atoms with Crippen LogP contribution in [0.15, 0.2) is 30.6 Å². The molecule has 2 nitrogen and oxygen atoms in total. The molecule has 1 heterocycles. The molecule has 0 fully saturated rings. The number of halogens is 3. The summed E-state index contributed by atoms with van der Waals surface area (Å²) in [6.07, 6.45) is 3.35. The normalized spacial score (nSPS) is 10.4. The van der Waals surface area contributed by atoms with E-state index >= 15 is 0 Å². The fourth-order valence-corrected chi connectivity index (χ4v) is 1.37. The minimum absolute atomic E-state index is 0.0262. The lowest BCUT2D eigenvalue weighted by atomic mass is 10.2. The highest BCUT2D eigenvalue weighted by atomic mass is 19.2. The van der Waals surface area contributed by atoms with Crippen LogP contribution in [0.25, 0.3) is 0 Å². The maximum atomic E-state index is 13.2. The Morgan fingerprint density at radius 2 is 2.00 bits per heavy atom. The summed E-state index contributed by atoms with van der Waals surface area (Å²) >= 11 is 0. The lowest BCUT2D eigenvalue weighted by molar-refractivity contribution is 0.486. The number of H-pyrrole nitrogens is 1. The molecule has 0 radical (unpaired) electrons. The second-order valence-corrected chi connectivity index (χ2v) is 3.31. The van der Waals surface area contributed by atoms with Crippen molar-refractivity contribution in [1.82, 2.24) is 4.98 Å². The van der Waals surface area contributed by atoms with Crippen LogP contribution in [0.1, 0.15) is 5.56 Å². The van der Waals surface area contributed by atoms with E-state index in [4.69, 9.17) is 0 Å². The molecule has 5 heteroatoms.